The van der Waals surface area contributed by atoms with Gasteiger partial charge in [-0.2, -0.15) is 0 Å². The Kier molecular flexibility index (Phi) is 5.91. The van der Waals surface area contributed by atoms with Crippen molar-refractivity contribution in [3.8, 4) is 0 Å². The number of halogens is 1. The van der Waals surface area contributed by atoms with Gasteiger partial charge in [0.15, 0.2) is 0 Å². The van der Waals surface area contributed by atoms with E-state index in [2.05, 4.69) is 55.2 Å². The van der Waals surface area contributed by atoms with Crippen molar-refractivity contribution in [2.45, 2.75) is 45.3 Å². The van der Waals surface area contributed by atoms with Gasteiger partial charge in [0.25, 0.3) is 0 Å². The summed E-state index contributed by atoms with van der Waals surface area (Å²) in [7, 11) is 4.25. The summed E-state index contributed by atoms with van der Waals surface area (Å²) in [6.45, 7) is 7.46. The number of nitrogens with zero attached hydrogens (tertiary/aromatic N) is 2. The van der Waals surface area contributed by atoms with Crippen molar-refractivity contribution in [2.24, 2.45) is 0 Å². The highest BCUT2D eigenvalue weighted by molar-refractivity contribution is 6.30. The van der Waals surface area contributed by atoms with Crippen LogP contribution in [0.2, 0.25) is 5.02 Å². The quantitative estimate of drug-likeness (QED) is 0.794. The minimum Gasteiger partial charge on any atom is -0.368 e. The van der Waals surface area contributed by atoms with E-state index in [0.29, 0.717) is 6.04 Å². The lowest BCUT2D eigenvalue weighted by atomic mass is 10.1. The zero-order chi connectivity index (χ0) is 15.4. The summed E-state index contributed by atoms with van der Waals surface area (Å²) in [6.07, 6.45) is 2.63. The smallest absolute Gasteiger partial charge is 0.0429 e. The van der Waals surface area contributed by atoms with E-state index in [-0.39, 0.29) is 0 Å². The van der Waals surface area contributed by atoms with E-state index in [1.807, 2.05) is 6.07 Å². The van der Waals surface area contributed by atoms with Crippen LogP contribution in [0.1, 0.15) is 32.3 Å². The third-order valence-corrected chi connectivity index (χ3v) is 4.25. The maximum Gasteiger partial charge on any atom is 0.0429 e. The largest absolute Gasteiger partial charge is 0.368 e. The first-order chi connectivity index (χ1) is 10.0. The van der Waals surface area contributed by atoms with Crippen LogP contribution in [0.25, 0.3) is 0 Å². The van der Waals surface area contributed by atoms with Gasteiger partial charge >= 0.3 is 0 Å². The Bertz CT molecular complexity index is 457. The Morgan fingerprint density at radius 2 is 2.05 bits per heavy atom. The molecule has 118 valence electrons. The molecule has 3 nitrogen and oxygen atoms in total. The summed E-state index contributed by atoms with van der Waals surface area (Å²) in [4.78, 5) is 4.69. The summed E-state index contributed by atoms with van der Waals surface area (Å²) in [5.74, 6) is 0. The first-order valence-corrected chi connectivity index (χ1v) is 8.32. The van der Waals surface area contributed by atoms with Gasteiger partial charge in [-0.3, -0.25) is 0 Å². The molecule has 1 aromatic carbocycles. The van der Waals surface area contributed by atoms with Gasteiger partial charge in [-0.15, -0.1) is 0 Å². The van der Waals surface area contributed by atoms with Crippen molar-refractivity contribution in [1.82, 2.24) is 10.2 Å². The molecule has 0 amide bonds. The van der Waals surface area contributed by atoms with Crippen LogP contribution in [0.5, 0.6) is 0 Å². The van der Waals surface area contributed by atoms with Crippen molar-refractivity contribution < 1.29 is 0 Å². The Hall–Kier alpha value is -0.770. The van der Waals surface area contributed by atoms with Crippen molar-refractivity contribution in [3.63, 3.8) is 0 Å². The van der Waals surface area contributed by atoms with Crippen LogP contribution >= 0.6 is 11.6 Å². The number of anilines is 1. The molecule has 1 aromatic rings. The van der Waals surface area contributed by atoms with Crippen LogP contribution in [0.3, 0.4) is 0 Å². The molecule has 2 rings (SSSR count). The second kappa shape index (κ2) is 7.48. The van der Waals surface area contributed by atoms with Crippen molar-refractivity contribution in [2.75, 3.05) is 32.1 Å². The van der Waals surface area contributed by atoms with Crippen LogP contribution in [-0.4, -0.2) is 44.2 Å². The number of hydrogen-bond donors (Lipinski definition) is 1. The number of likely N-dealkylation sites (N-methyl/N-ethyl adjacent to an activating group) is 2. The number of nitrogens with one attached hydrogen (secondary N) is 1. The first-order valence-electron chi connectivity index (χ1n) is 7.94. The molecular weight excluding hydrogens is 282 g/mol. The lowest BCUT2D eigenvalue weighted by Crippen LogP contribution is -2.40. The van der Waals surface area contributed by atoms with Gasteiger partial charge in [-0.05, 0) is 58.5 Å². The van der Waals surface area contributed by atoms with E-state index >= 15 is 0 Å². The summed E-state index contributed by atoms with van der Waals surface area (Å²) in [6, 6.07) is 7.46. The van der Waals surface area contributed by atoms with E-state index in [4.69, 9.17) is 11.6 Å². The molecule has 1 unspecified atom stereocenters. The monoisotopic (exact) mass is 309 g/mol. The fraction of sp³-hybridized carbons (Fsp3) is 0.647. The van der Waals surface area contributed by atoms with Crippen LogP contribution in [0.15, 0.2) is 18.2 Å². The molecule has 4 heteroatoms. The standard InChI is InChI=1S/C17H28ClN3/c1-5-21(13(2)12-20(3)4)17-10-15(18)7-6-14(17)11-19-16-8-9-16/h6-7,10,13,16,19H,5,8-9,11-12H2,1-4H3. The number of rotatable bonds is 8. The topological polar surface area (TPSA) is 18.5 Å². The molecule has 0 radical (unpaired) electrons. The second-order valence-corrected chi connectivity index (χ2v) is 6.76. The van der Waals surface area contributed by atoms with Crippen LogP contribution in [-0.2, 0) is 6.54 Å². The summed E-state index contributed by atoms with van der Waals surface area (Å²) in [5.41, 5.74) is 2.62. The van der Waals surface area contributed by atoms with Gasteiger partial charge in [0.2, 0.25) is 0 Å². The fourth-order valence-electron chi connectivity index (χ4n) is 2.84. The number of hydrogen-bond acceptors (Lipinski definition) is 3. The predicted octanol–water partition coefficient (Wildman–Crippen LogP) is 3.37. The lowest BCUT2D eigenvalue weighted by Gasteiger charge is -2.34. The minimum atomic E-state index is 0.461. The molecule has 1 aliphatic carbocycles. The molecule has 1 N–H and O–H groups in total. The third-order valence-electron chi connectivity index (χ3n) is 4.02. The molecule has 1 aliphatic rings. The van der Waals surface area contributed by atoms with Gasteiger partial charge in [0.1, 0.15) is 0 Å². The second-order valence-electron chi connectivity index (χ2n) is 6.33. The van der Waals surface area contributed by atoms with E-state index in [1.165, 1.54) is 24.1 Å². The van der Waals surface area contributed by atoms with Gasteiger partial charge in [0, 0.05) is 42.4 Å². The molecule has 0 aliphatic heterocycles. The maximum absolute atomic E-state index is 6.25. The molecule has 1 saturated carbocycles. The van der Waals surface area contributed by atoms with E-state index in [0.717, 1.165) is 30.7 Å². The van der Waals surface area contributed by atoms with Crippen LogP contribution in [0, 0.1) is 0 Å². The summed E-state index contributed by atoms with van der Waals surface area (Å²) < 4.78 is 0. The molecule has 0 spiro atoms. The molecule has 0 aromatic heterocycles. The molecule has 0 saturated heterocycles. The molecular formula is C17H28ClN3. The zero-order valence-electron chi connectivity index (χ0n) is 13.7. The Morgan fingerprint density at radius 3 is 2.62 bits per heavy atom. The van der Waals surface area contributed by atoms with E-state index in [1.54, 1.807) is 0 Å². The van der Waals surface area contributed by atoms with E-state index in [9.17, 15) is 0 Å². The summed E-state index contributed by atoms with van der Waals surface area (Å²) in [5, 5.41) is 4.43. The highest BCUT2D eigenvalue weighted by atomic mass is 35.5. The SMILES string of the molecule is CCN(c1cc(Cl)ccc1CNC1CC1)C(C)CN(C)C. The predicted molar refractivity (Wildman–Crippen MR) is 92.3 cm³/mol. The molecule has 21 heavy (non-hydrogen) atoms. The molecule has 0 bridgehead atoms. The zero-order valence-corrected chi connectivity index (χ0v) is 14.5. The van der Waals surface area contributed by atoms with Crippen molar-refractivity contribution >= 4 is 17.3 Å². The van der Waals surface area contributed by atoms with Crippen LogP contribution < -0.4 is 10.2 Å². The van der Waals surface area contributed by atoms with Crippen molar-refractivity contribution in [1.29, 1.82) is 0 Å². The maximum atomic E-state index is 6.25. The average molecular weight is 310 g/mol. The molecule has 1 atom stereocenters. The van der Waals surface area contributed by atoms with Gasteiger partial charge in [-0.25, -0.2) is 0 Å². The van der Waals surface area contributed by atoms with Gasteiger partial charge in [-0.1, -0.05) is 17.7 Å². The average Bonchev–Trinajstić information content (AvgIpc) is 3.22. The Labute approximate surface area is 134 Å². The Morgan fingerprint density at radius 1 is 1.33 bits per heavy atom. The number of benzene rings is 1. The lowest BCUT2D eigenvalue weighted by molar-refractivity contribution is 0.372. The van der Waals surface area contributed by atoms with E-state index < -0.39 is 0 Å². The third kappa shape index (κ3) is 4.87. The normalized spacial score (nSPS) is 16.3. The van der Waals surface area contributed by atoms with Gasteiger partial charge < -0.3 is 15.1 Å². The Balaban J connectivity index is 2.18. The summed E-state index contributed by atoms with van der Waals surface area (Å²) >= 11 is 6.25. The van der Waals surface area contributed by atoms with Gasteiger partial charge in [0.05, 0.1) is 0 Å². The minimum absolute atomic E-state index is 0.461. The van der Waals surface area contributed by atoms with Crippen LogP contribution in [0.4, 0.5) is 5.69 Å². The molecule has 1 fully saturated rings. The fourth-order valence-corrected chi connectivity index (χ4v) is 3.01. The highest BCUT2D eigenvalue weighted by Gasteiger charge is 2.22. The molecule has 0 heterocycles. The van der Waals surface area contributed by atoms with Crippen molar-refractivity contribution in [3.05, 3.63) is 28.8 Å². The first kappa shape index (κ1) is 16.6. The highest BCUT2D eigenvalue weighted by Crippen LogP contribution is 2.28.